The van der Waals surface area contributed by atoms with Gasteiger partial charge in [0.1, 0.15) is 0 Å². The molecule has 1 aliphatic carbocycles. The Balaban J connectivity index is 1.95. The summed E-state index contributed by atoms with van der Waals surface area (Å²) in [5.74, 6) is 0.104. The molecule has 6 nitrogen and oxygen atoms in total. The van der Waals surface area contributed by atoms with Crippen LogP contribution in [0.1, 0.15) is 45.4 Å². The quantitative estimate of drug-likeness (QED) is 0.779. The first-order valence-electron chi connectivity index (χ1n) is 7.97. The van der Waals surface area contributed by atoms with Crippen LogP contribution in [-0.4, -0.2) is 67.1 Å². The van der Waals surface area contributed by atoms with Gasteiger partial charge >= 0.3 is 0 Å². The summed E-state index contributed by atoms with van der Waals surface area (Å²) in [6.45, 7) is 3.66. The molecule has 2 aliphatic rings. The van der Waals surface area contributed by atoms with Crippen LogP contribution in [0.15, 0.2) is 0 Å². The predicted molar refractivity (Wildman–Crippen MR) is 82.0 cm³/mol. The molecular weight excluding hydrogens is 290 g/mol. The third-order valence-electron chi connectivity index (χ3n) is 4.67. The van der Waals surface area contributed by atoms with E-state index in [-0.39, 0.29) is 11.9 Å². The first-order valence-corrected chi connectivity index (χ1v) is 9.37. The van der Waals surface area contributed by atoms with E-state index in [0.717, 1.165) is 25.7 Å². The lowest BCUT2D eigenvalue weighted by Gasteiger charge is -2.38. The van der Waals surface area contributed by atoms with Crippen molar-refractivity contribution in [2.75, 3.05) is 33.2 Å². The number of carbonyl (C=O) groups is 1. The molecule has 1 aliphatic heterocycles. The van der Waals surface area contributed by atoms with E-state index in [1.807, 2.05) is 6.92 Å². The molecule has 0 radical (unpaired) electrons. The van der Waals surface area contributed by atoms with Crippen LogP contribution in [-0.2, 0) is 15.0 Å². The van der Waals surface area contributed by atoms with Crippen LogP contribution in [0.3, 0.4) is 0 Å². The molecule has 0 N–H and O–H groups in total. The van der Waals surface area contributed by atoms with Gasteiger partial charge in [0.25, 0.3) is 10.2 Å². The molecule has 7 heteroatoms. The Morgan fingerprint density at radius 2 is 1.67 bits per heavy atom. The Bertz CT molecular complexity index is 452. The lowest BCUT2D eigenvalue weighted by molar-refractivity contribution is -0.132. The van der Waals surface area contributed by atoms with E-state index >= 15 is 0 Å². The average Bonchev–Trinajstić information content (AvgIpc) is 2.54. The fraction of sp³-hybridized carbons (Fsp3) is 0.929. The Morgan fingerprint density at radius 1 is 1.10 bits per heavy atom. The standard InChI is InChI=1S/C14H27N3O3S/c1-3-14(18)16-9-11-17(12-10-16)21(19,20)15(2)13-7-5-4-6-8-13/h13H,3-12H2,1-2H3. The monoisotopic (exact) mass is 317 g/mol. The molecule has 0 aromatic heterocycles. The van der Waals surface area contributed by atoms with Crippen LogP contribution >= 0.6 is 0 Å². The Kier molecular flexibility index (Phi) is 5.62. The van der Waals surface area contributed by atoms with Crippen LogP contribution in [0.4, 0.5) is 0 Å². The number of carbonyl (C=O) groups excluding carboxylic acids is 1. The number of amides is 1. The highest BCUT2D eigenvalue weighted by atomic mass is 32.2. The SMILES string of the molecule is CCC(=O)N1CCN(S(=O)(=O)N(C)C2CCCCC2)CC1. The van der Waals surface area contributed by atoms with Crippen molar-refractivity contribution in [3.63, 3.8) is 0 Å². The van der Waals surface area contributed by atoms with Crippen molar-refractivity contribution < 1.29 is 13.2 Å². The smallest absolute Gasteiger partial charge is 0.282 e. The van der Waals surface area contributed by atoms with Gasteiger partial charge in [0, 0.05) is 45.7 Å². The van der Waals surface area contributed by atoms with Gasteiger partial charge in [-0.3, -0.25) is 4.79 Å². The van der Waals surface area contributed by atoms with Gasteiger partial charge in [0.2, 0.25) is 5.91 Å². The van der Waals surface area contributed by atoms with E-state index in [0.29, 0.717) is 32.6 Å². The average molecular weight is 317 g/mol. The van der Waals surface area contributed by atoms with E-state index in [2.05, 4.69) is 0 Å². The van der Waals surface area contributed by atoms with Gasteiger partial charge in [0.05, 0.1) is 0 Å². The summed E-state index contributed by atoms with van der Waals surface area (Å²) in [6, 6.07) is 0.138. The van der Waals surface area contributed by atoms with Gasteiger partial charge in [-0.05, 0) is 12.8 Å². The highest BCUT2D eigenvalue weighted by Gasteiger charge is 2.35. The summed E-state index contributed by atoms with van der Waals surface area (Å²) >= 11 is 0. The van der Waals surface area contributed by atoms with Crippen molar-refractivity contribution in [2.45, 2.75) is 51.5 Å². The van der Waals surface area contributed by atoms with E-state index < -0.39 is 10.2 Å². The molecule has 0 aromatic carbocycles. The van der Waals surface area contributed by atoms with Gasteiger partial charge in [0.15, 0.2) is 0 Å². The second-order valence-electron chi connectivity index (χ2n) is 5.95. The molecule has 0 bridgehead atoms. The van der Waals surface area contributed by atoms with Crippen LogP contribution in [0.25, 0.3) is 0 Å². The summed E-state index contributed by atoms with van der Waals surface area (Å²) < 4.78 is 28.4. The van der Waals surface area contributed by atoms with Crippen molar-refractivity contribution in [2.24, 2.45) is 0 Å². The molecule has 0 aromatic rings. The van der Waals surface area contributed by atoms with E-state index in [1.165, 1.54) is 10.7 Å². The molecule has 1 saturated carbocycles. The zero-order chi connectivity index (χ0) is 15.5. The zero-order valence-corrected chi connectivity index (χ0v) is 13.9. The Morgan fingerprint density at radius 3 is 2.19 bits per heavy atom. The Labute approximate surface area is 128 Å². The van der Waals surface area contributed by atoms with Gasteiger partial charge in [-0.2, -0.15) is 17.0 Å². The van der Waals surface area contributed by atoms with E-state index in [9.17, 15) is 13.2 Å². The molecule has 0 spiro atoms. The zero-order valence-electron chi connectivity index (χ0n) is 13.1. The highest BCUT2D eigenvalue weighted by molar-refractivity contribution is 7.86. The third kappa shape index (κ3) is 3.76. The van der Waals surface area contributed by atoms with E-state index in [4.69, 9.17) is 0 Å². The molecule has 0 unspecified atom stereocenters. The molecule has 1 amide bonds. The van der Waals surface area contributed by atoms with Crippen molar-refractivity contribution >= 4 is 16.1 Å². The minimum Gasteiger partial charge on any atom is -0.340 e. The van der Waals surface area contributed by atoms with E-state index in [1.54, 1.807) is 16.3 Å². The van der Waals surface area contributed by atoms with Crippen LogP contribution in [0.5, 0.6) is 0 Å². The molecule has 21 heavy (non-hydrogen) atoms. The summed E-state index contributed by atoms with van der Waals surface area (Å²) in [4.78, 5) is 13.4. The maximum atomic E-state index is 12.7. The lowest BCUT2D eigenvalue weighted by atomic mass is 9.96. The van der Waals surface area contributed by atoms with Crippen LogP contribution < -0.4 is 0 Å². The molecule has 1 saturated heterocycles. The van der Waals surface area contributed by atoms with Crippen LogP contribution in [0, 0.1) is 0 Å². The number of hydrogen-bond donors (Lipinski definition) is 0. The van der Waals surface area contributed by atoms with Gasteiger partial charge in [-0.25, -0.2) is 0 Å². The minimum absolute atomic E-state index is 0.104. The summed E-state index contributed by atoms with van der Waals surface area (Å²) in [5, 5.41) is 0. The molecule has 2 rings (SSSR count). The fourth-order valence-electron chi connectivity index (χ4n) is 3.21. The fourth-order valence-corrected chi connectivity index (χ4v) is 4.78. The molecule has 0 atom stereocenters. The number of rotatable bonds is 4. The van der Waals surface area contributed by atoms with Crippen LogP contribution in [0.2, 0.25) is 0 Å². The van der Waals surface area contributed by atoms with Crippen molar-refractivity contribution in [3.05, 3.63) is 0 Å². The minimum atomic E-state index is -3.39. The first-order chi connectivity index (χ1) is 9.96. The molecular formula is C14H27N3O3S. The first kappa shape index (κ1) is 16.7. The van der Waals surface area contributed by atoms with Gasteiger partial charge in [-0.1, -0.05) is 26.2 Å². The summed E-state index contributed by atoms with van der Waals surface area (Å²) in [7, 11) is -1.69. The predicted octanol–water partition coefficient (Wildman–Crippen LogP) is 1.05. The van der Waals surface area contributed by atoms with Gasteiger partial charge < -0.3 is 4.90 Å². The molecule has 2 fully saturated rings. The number of hydrogen-bond acceptors (Lipinski definition) is 3. The largest absolute Gasteiger partial charge is 0.340 e. The van der Waals surface area contributed by atoms with Crippen molar-refractivity contribution in [1.82, 2.24) is 13.5 Å². The molecule has 1 heterocycles. The van der Waals surface area contributed by atoms with Crippen molar-refractivity contribution in [1.29, 1.82) is 0 Å². The van der Waals surface area contributed by atoms with Crippen molar-refractivity contribution in [3.8, 4) is 0 Å². The number of piperazine rings is 1. The van der Waals surface area contributed by atoms with Gasteiger partial charge in [-0.15, -0.1) is 0 Å². The summed E-state index contributed by atoms with van der Waals surface area (Å²) in [5.41, 5.74) is 0. The highest BCUT2D eigenvalue weighted by Crippen LogP contribution is 2.25. The maximum Gasteiger partial charge on any atom is 0.282 e. The summed E-state index contributed by atoms with van der Waals surface area (Å²) in [6.07, 6.45) is 5.84. The second kappa shape index (κ2) is 7.07. The lowest BCUT2D eigenvalue weighted by Crippen LogP contribution is -2.55. The number of nitrogens with zero attached hydrogens (tertiary/aromatic N) is 3. The molecule has 122 valence electrons. The topological polar surface area (TPSA) is 60.9 Å². The third-order valence-corrected chi connectivity index (χ3v) is 6.72. The maximum absolute atomic E-state index is 12.7. The second-order valence-corrected chi connectivity index (χ2v) is 7.94. The Hall–Kier alpha value is -0.660. The normalized spacial score (nSPS) is 22.7.